The Morgan fingerprint density at radius 2 is 1.60 bits per heavy atom. The van der Waals surface area contributed by atoms with Gasteiger partial charge in [-0.1, -0.05) is 54.1 Å². The zero-order chi connectivity index (χ0) is 21.7. The molecular weight excluding hydrogens is 390 g/mol. The Balaban J connectivity index is 1.79. The fourth-order valence-corrected chi connectivity index (χ4v) is 3.62. The molecule has 0 fully saturated rings. The summed E-state index contributed by atoms with van der Waals surface area (Å²) >= 11 is 5.61. The summed E-state index contributed by atoms with van der Waals surface area (Å²) in [6.45, 7) is 4.22. The van der Waals surface area contributed by atoms with E-state index in [1.165, 1.54) is 16.7 Å². The third-order valence-corrected chi connectivity index (χ3v) is 5.16. The standard InChI is InChI=1S/C25H27N3OS/c1-17-10-15-22(18(2)16-17)23(19-8-6-5-7-9-19)27-25(30)26-21-13-11-20(12-14-21)24(29)28(3)4/h5-16,23H,1-4H3,(H2,26,27,30)/t23-/m1/s1. The molecule has 30 heavy (non-hydrogen) atoms. The molecule has 3 rings (SSSR count). The van der Waals surface area contributed by atoms with Gasteiger partial charge in [-0.3, -0.25) is 4.79 Å². The minimum absolute atomic E-state index is 0.0266. The molecular formula is C25H27N3OS. The van der Waals surface area contributed by atoms with Gasteiger partial charge >= 0.3 is 0 Å². The number of amides is 1. The van der Waals surface area contributed by atoms with Crippen molar-refractivity contribution in [3.63, 3.8) is 0 Å². The fraction of sp³-hybridized carbons (Fsp3) is 0.200. The topological polar surface area (TPSA) is 44.4 Å². The van der Waals surface area contributed by atoms with Crippen LogP contribution in [0.5, 0.6) is 0 Å². The van der Waals surface area contributed by atoms with Gasteiger partial charge in [0.1, 0.15) is 0 Å². The van der Waals surface area contributed by atoms with Crippen LogP contribution >= 0.6 is 12.2 Å². The second kappa shape index (κ2) is 9.55. The lowest BCUT2D eigenvalue weighted by atomic mass is 9.94. The summed E-state index contributed by atoms with van der Waals surface area (Å²) in [5.41, 5.74) is 6.24. The number of anilines is 1. The van der Waals surface area contributed by atoms with Crippen molar-refractivity contribution in [1.82, 2.24) is 10.2 Å². The van der Waals surface area contributed by atoms with Gasteiger partial charge < -0.3 is 15.5 Å². The molecule has 0 aliphatic rings. The van der Waals surface area contributed by atoms with E-state index in [0.717, 1.165) is 11.3 Å². The molecule has 0 saturated heterocycles. The highest BCUT2D eigenvalue weighted by atomic mass is 32.1. The van der Waals surface area contributed by atoms with Crippen LogP contribution in [-0.2, 0) is 0 Å². The number of nitrogens with zero attached hydrogens (tertiary/aromatic N) is 1. The molecule has 0 bridgehead atoms. The van der Waals surface area contributed by atoms with E-state index in [-0.39, 0.29) is 11.9 Å². The van der Waals surface area contributed by atoms with Crippen molar-refractivity contribution in [2.75, 3.05) is 19.4 Å². The van der Waals surface area contributed by atoms with Crippen molar-refractivity contribution in [1.29, 1.82) is 0 Å². The summed E-state index contributed by atoms with van der Waals surface area (Å²) in [7, 11) is 3.48. The Morgan fingerprint density at radius 1 is 0.933 bits per heavy atom. The van der Waals surface area contributed by atoms with Gasteiger partial charge in [0.15, 0.2) is 5.11 Å². The number of thiocarbonyl (C=S) groups is 1. The summed E-state index contributed by atoms with van der Waals surface area (Å²) in [5, 5.41) is 7.22. The van der Waals surface area contributed by atoms with Crippen molar-refractivity contribution in [3.8, 4) is 0 Å². The molecule has 0 radical (unpaired) electrons. The first-order valence-corrected chi connectivity index (χ1v) is 10.3. The number of aryl methyl sites for hydroxylation is 2. The van der Waals surface area contributed by atoms with Crippen LogP contribution in [0.2, 0.25) is 0 Å². The van der Waals surface area contributed by atoms with E-state index in [9.17, 15) is 4.79 Å². The van der Waals surface area contributed by atoms with Crippen molar-refractivity contribution < 1.29 is 4.79 Å². The Labute approximate surface area is 183 Å². The maximum atomic E-state index is 12.1. The predicted molar refractivity (Wildman–Crippen MR) is 128 cm³/mol. The molecule has 3 aromatic carbocycles. The summed E-state index contributed by atoms with van der Waals surface area (Å²) in [6.07, 6.45) is 0. The maximum absolute atomic E-state index is 12.1. The molecule has 2 N–H and O–H groups in total. The first kappa shape index (κ1) is 21.5. The second-order valence-corrected chi connectivity index (χ2v) is 7.99. The molecule has 1 atom stereocenters. The van der Waals surface area contributed by atoms with Crippen molar-refractivity contribution in [2.45, 2.75) is 19.9 Å². The van der Waals surface area contributed by atoms with Crippen LogP contribution in [0.25, 0.3) is 0 Å². The maximum Gasteiger partial charge on any atom is 0.253 e. The van der Waals surface area contributed by atoms with Crippen LogP contribution in [0.1, 0.15) is 38.7 Å². The van der Waals surface area contributed by atoms with Gasteiger partial charge in [0.2, 0.25) is 0 Å². The highest BCUT2D eigenvalue weighted by Crippen LogP contribution is 2.26. The molecule has 0 heterocycles. The zero-order valence-electron chi connectivity index (χ0n) is 17.8. The van der Waals surface area contributed by atoms with Crippen LogP contribution in [-0.4, -0.2) is 30.0 Å². The molecule has 0 unspecified atom stereocenters. The Kier molecular flexibility index (Phi) is 6.85. The van der Waals surface area contributed by atoms with Crippen molar-refractivity contribution in [3.05, 3.63) is 101 Å². The first-order valence-electron chi connectivity index (χ1n) is 9.86. The van der Waals surface area contributed by atoms with Gasteiger partial charge in [0.05, 0.1) is 6.04 Å². The van der Waals surface area contributed by atoms with Crippen LogP contribution in [0.15, 0.2) is 72.8 Å². The van der Waals surface area contributed by atoms with E-state index in [1.54, 1.807) is 31.1 Å². The third kappa shape index (κ3) is 5.24. The van der Waals surface area contributed by atoms with E-state index in [0.29, 0.717) is 10.7 Å². The SMILES string of the molecule is Cc1ccc([C@H](NC(=S)Nc2ccc(C(=O)N(C)C)cc2)c2ccccc2)c(C)c1. The molecule has 4 nitrogen and oxygen atoms in total. The molecule has 0 aliphatic carbocycles. The van der Waals surface area contributed by atoms with Crippen LogP contribution in [0.4, 0.5) is 5.69 Å². The Bertz CT molecular complexity index is 1030. The lowest BCUT2D eigenvalue weighted by Crippen LogP contribution is -2.33. The molecule has 0 spiro atoms. The summed E-state index contributed by atoms with van der Waals surface area (Å²) < 4.78 is 0. The van der Waals surface area contributed by atoms with Gasteiger partial charge in [-0.25, -0.2) is 0 Å². The average Bonchev–Trinajstić information content (AvgIpc) is 2.73. The van der Waals surface area contributed by atoms with Gasteiger partial charge in [0.25, 0.3) is 5.91 Å². The fourth-order valence-electron chi connectivity index (χ4n) is 3.39. The number of hydrogen-bond donors (Lipinski definition) is 2. The number of nitrogens with one attached hydrogen (secondary N) is 2. The normalized spacial score (nSPS) is 11.5. The lowest BCUT2D eigenvalue weighted by molar-refractivity contribution is 0.0827. The monoisotopic (exact) mass is 417 g/mol. The molecule has 5 heteroatoms. The van der Waals surface area contributed by atoms with Gasteiger partial charge in [-0.15, -0.1) is 0 Å². The first-order chi connectivity index (χ1) is 14.3. The highest BCUT2D eigenvalue weighted by molar-refractivity contribution is 7.80. The summed E-state index contributed by atoms with van der Waals surface area (Å²) in [4.78, 5) is 13.6. The van der Waals surface area contributed by atoms with E-state index in [1.807, 2.05) is 30.3 Å². The molecule has 0 saturated carbocycles. The zero-order valence-corrected chi connectivity index (χ0v) is 18.6. The second-order valence-electron chi connectivity index (χ2n) is 7.58. The number of carbonyl (C=O) groups is 1. The van der Waals surface area contributed by atoms with E-state index >= 15 is 0 Å². The highest BCUT2D eigenvalue weighted by Gasteiger charge is 2.17. The Hall–Kier alpha value is -3.18. The van der Waals surface area contributed by atoms with Crippen molar-refractivity contribution in [2.24, 2.45) is 0 Å². The smallest absolute Gasteiger partial charge is 0.253 e. The quantitative estimate of drug-likeness (QED) is 0.568. The summed E-state index contributed by atoms with van der Waals surface area (Å²) in [5.74, 6) is -0.0266. The number of carbonyl (C=O) groups excluding carboxylic acids is 1. The molecule has 0 aromatic heterocycles. The number of hydrogen-bond acceptors (Lipinski definition) is 2. The van der Waals surface area contributed by atoms with E-state index in [4.69, 9.17) is 12.2 Å². The molecule has 1 amide bonds. The minimum Gasteiger partial charge on any atom is -0.352 e. The number of benzene rings is 3. The van der Waals surface area contributed by atoms with Crippen LogP contribution < -0.4 is 10.6 Å². The van der Waals surface area contributed by atoms with Crippen molar-refractivity contribution >= 4 is 28.9 Å². The molecule has 0 aliphatic heterocycles. The average molecular weight is 418 g/mol. The third-order valence-electron chi connectivity index (χ3n) is 4.94. The summed E-state index contributed by atoms with van der Waals surface area (Å²) in [6, 6.07) is 24.0. The van der Waals surface area contributed by atoms with E-state index in [2.05, 4.69) is 54.8 Å². The molecule has 154 valence electrons. The predicted octanol–water partition coefficient (Wildman–Crippen LogP) is 5.08. The largest absolute Gasteiger partial charge is 0.352 e. The van der Waals surface area contributed by atoms with Gasteiger partial charge in [0, 0.05) is 25.3 Å². The van der Waals surface area contributed by atoms with Gasteiger partial charge in [-0.05, 0) is 67.0 Å². The molecule has 3 aromatic rings. The van der Waals surface area contributed by atoms with Crippen LogP contribution in [0.3, 0.4) is 0 Å². The number of rotatable bonds is 5. The Morgan fingerprint density at radius 3 is 2.20 bits per heavy atom. The minimum atomic E-state index is -0.0682. The van der Waals surface area contributed by atoms with Gasteiger partial charge in [-0.2, -0.15) is 0 Å². The van der Waals surface area contributed by atoms with E-state index < -0.39 is 0 Å². The lowest BCUT2D eigenvalue weighted by Gasteiger charge is -2.24. The van der Waals surface area contributed by atoms with Crippen LogP contribution in [0, 0.1) is 13.8 Å².